The van der Waals surface area contributed by atoms with E-state index in [9.17, 15) is 19.5 Å². The quantitative estimate of drug-likeness (QED) is 0.314. The molecule has 1 saturated heterocycles. The molecule has 3 amide bonds. The number of benzene rings is 2. The Morgan fingerprint density at radius 2 is 1.79 bits per heavy atom. The smallest absolute Gasteiger partial charge is 0.258 e. The van der Waals surface area contributed by atoms with E-state index in [1.165, 1.54) is 16.7 Å². The molecule has 1 aromatic heterocycles. The Morgan fingerprint density at radius 1 is 1.07 bits per heavy atom. The molecule has 42 heavy (non-hydrogen) atoms. The lowest BCUT2D eigenvalue weighted by Crippen LogP contribution is -2.59. The van der Waals surface area contributed by atoms with Crippen molar-refractivity contribution in [2.24, 2.45) is 0 Å². The molecule has 9 nitrogen and oxygen atoms in total. The summed E-state index contributed by atoms with van der Waals surface area (Å²) in [6.07, 6.45) is 0.254. The van der Waals surface area contributed by atoms with Gasteiger partial charge in [-0.2, -0.15) is 0 Å². The van der Waals surface area contributed by atoms with Gasteiger partial charge in [0, 0.05) is 17.5 Å². The molecule has 0 spiro atoms. The number of aliphatic hydroxyl groups excluding tert-OH is 1. The highest BCUT2D eigenvalue weighted by molar-refractivity contribution is 8.00. The van der Waals surface area contributed by atoms with E-state index >= 15 is 0 Å². The summed E-state index contributed by atoms with van der Waals surface area (Å²) in [7, 11) is 0. The predicted molar refractivity (Wildman–Crippen MR) is 163 cm³/mol. The fourth-order valence-corrected chi connectivity index (χ4v) is 6.11. The minimum atomic E-state index is -1.59. The molecule has 1 fully saturated rings. The van der Waals surface area contributed by atoms with Gasteiger partial charge in [0.05, 0.1) is 17.6 Å². The zero-order chi connectivity index (χ0) is 30.3. The number of hydrogen-bond acceptors (Lipinski definition) is 7. The molecule has 2 aromatic carbocycles. The van der Waals surface area contributed by atoms with Gasteiger partial charge in [0.15, 0.2) is 12.7 Å². The first-order valence-corrected chi connectivity index (χ1v) is 14.9. The predicted octanol–water partition coefficient (Wildman–Crippen LogP) is 3.16. The van der Waals surface area contributed by atoms with E-state index in [0.717, 1.165) is 16.7 Å². The third kappa shape index (κ3) is 7.68. The number of aromatic nitrogens is 1. The second-order valence-corrected chi connectivity index (χ2v) is 12.5. The van der Waals surface area contributed by atoms with Crippen LogP contribution in [0.3, 0.4) is 0 Å². The van der Waals surface area contributed by atoms with Crippen molar-refractivity contribution in [2.75, 3.05) is 12.5 Å². The molecule has 0 radical (unpaired) electrons. The fraction of sp³-hybridized carbons (Fsp3) is 0.375. The van der Waals surface area contributed by atoms with E-state index in [1.807, 2.05) is 75.4 Å². The molecule has 2 heterocycles. The van der Waals surface area contributed by atoms with Crippen molar-refractivity contribution in [3.63, 3.8) is 0 Å². The Labute approximate surface area is 251 Å². The van der Waals surface area contributed by atoms with Crippen LogP contribution in [0.4, 0.5) is 0 Å². The van der Waals surface area contributed by atoms with E-state index in [0.29, 0.717) is 18.0 Å². The monoisotopic (exact) mass is 590 g/mol. The second kappa shape index (κ2) is 13.8. The van der Waals surface area contributed by atoms with Crippen LogP contribution < -0.4 is 15.4 Å². The number of hydrogen-bond donors (Lipinski definition) is 3. The van der Waals surface area contributed by atoms with Crippen LogP contribution in [0, 0.1) is 13.8 Å². The number of pyridine rings is 1. The standard InChI is InChI=1S/C32H38N4O5S/c1-21-11-8-9-14-24(21)18-34-30(39)29-32(3,4)42-20-36(29)31(40)28(38)25(17-23-12-6-5-7-13-23)35-27(37)19-41-26-15-10-16-33-22(26)2/h5-16,25,28-29,38H,17-20H2,1-4H3,(H,34,39)(H,35,37)/t25-,28-,29+/m0/s1. The van der Waals surface area contributed by atoms with Crippen LogP contribution in [0.1, 0.15) is 36.2 Å². The molecule has 0 unspecified atom stereocenters. The van der Waals surface area contributed by atoms with Crippen molar-refractivity contribution in [3.8, 4) is 5.75 Å². The van der Waals surface area contributed by atoms with Crippen molar-refractivity contribution in [3.05, 3.63) is 95.3 Å². The van der Waals surface area contributed by atoms with Gasteiger partial charge in [-0.3, -0.25) is 19.4 Å². The SMILES string of the molecule is Cc1ccccc1CNC(=O)[C@H]1N(C(=O)[C@@H](O)[C@H](Cc2ccccc2)NC(=O)COc2cccnc2C)CSC1(C)C. The highest BCUT2D eigenvalue weighted by Gasteiger charge is 2.49. The van der Waals surface area contributed by atoms with Gasteiger partial charge in [-0.1, -0.05) is 54.6 Å². The van der Waals surface area contributed by atoms with Crippen molar-refractivity contribution >= 4 is 29.5 Å². The van der Waals surface area contributed by atoms with Crippen LogP contribution in [0.5, 0.6) is 5.75 Å². The zero-order valence-electron chi connectivity index (χ0n) is 24.4. The second-order valence-electron chi connectivity index (χ2n) is 10.9. The molecule has 3 atom stereocenters. The van der Waals surface area contributed by atoms with E-state index < -0.39 is 34.7 Å². The number of aliphatic hydroxyl groups is 1. The Kier molecular flexibility index (Phi) is 10.2. The molecule has 0 bridgehead atoms. The number of thioether (sulfide) groups is 1. The van der Waals surface area contributed by atoms with E-state index in [2.05, 4.69) is 15.6 Å². The largest absolute Gasteiger partial charge is 0.482 e. The summed E-state index contributed by atoms with van der Waals surface area (Å²) < 4.78 is 5.04. The van der Waals surface area contributed by atoms with E-state index in [-0.39, 0.29) is 24.8 Å². The van der Waals surface area contributed by atoms with Crippen molar-refractivity contribution in [2.45, 2.75) is 63.6 Å². The van der Waals surface area contributed by atoms with E-state index in [1.54, 1.807) is 25.3 Å². The highest BCUT2D eigenvalue weighted by atomic mass is 32.2. The number of nitrogens with one attached hydrogen (secondary N) is 2. The molecule has 1 aliphatic heterocycles. The summed E-state index contributed by atoms with van der Waals surface area (Å²) in [5.41, 5.74) is 3.52. The lowest BCUT2D eigenvalue weighted by Gasteiger charge is -2.33. The average molecular weight is 591 g/mol. The van der Waals surface area contributed by atoms with Crippen LogP contribution in [0.25, 0.3) is 0 Å². The number of carbonyl (C=O) groups excluding carboxylic acids is 3. The van der Waals surface area contributed by atoms with Crippen LogP contribution in [0.15, 0.2) is 72.9 Å². The molecule has 1 aliphatic rings. The number of aryl methyl sites for hydroxylation is 2. The molecule has 3 aromatic rings. The van der Waals surface area contributed by atoms with Gasteiger partial charge < -0.3 is 25.4 Å². The number of carbonyl (C=O) groups is 3. The molecular weight excluding hydrogens is 552 g/mol. The molecule has 4 rings (SSSR count). The first-order chi connectivity index (χ1) is 20.1. The number of rotatable bonds is 11. The van der Waals surface area contributed by atoms with Crippen LogP contribution in [-0.4, -0.2) is 68.1 Å². The van der Waals surface area contributed by atoms with Crippen LogP contribution in [0.2, 0.25) is 0 Å². The molecule has 10 heteroatoms. The average Bonchev–Trinajstić information content (AvgIpc) is 3.30. The van der Waals surface area contributed by atoms with Gasteiger partial charge in [-0.15, -0.1) is 11.8 Å². The lowest BCUT2D eigenvalue weighted by atomic mass is 9.97. The molecule has 222 valence electrons. The van der Waals surface area contributed by atoms with Gasteiger partial charge in [0.1, 0.15) is 11.8 Å². The van der Waals surface area contributed by atoms with Crippen LogP contribution >= 0.6 is 11.8 Å². The molecule has 0 saturated carbocycles. The Balaban J connectivity index is 1.48. The zero-order valence-corrected chi connectivity index (χ0v) is 25.2. The van der Waals surface area contributed by atoms with Crippen molar-refractivity contribution in [1.82, 2.24) is 20.5 Å². The minimum absolute atomic E-state index is 0.208. The summed E-state index contributed by atoms with van der Waals surface area (Å²) in [6.45, 7) is 7.60. The highest BCUT2D eigenvalue weighted by Crippen LogP contribution is 2.40. The van der Waals surface area contributed by atoms with Gasteiger partial charge in [-0.25, -0.2) is 0 Å². The van der Waals surface area contributed by atoms with E-state index in [4.69, 9.17) is 4.74 Å². The summed E-state index contributed by atoms with van der Waals surface area (Å²) in [4.78, 5) is 45.8. The summed E-state index contributed by atoms with van der Waals surface area (Å²) in [6, 6.07) is 18.8. The summed E-state index contributed by atoms with van der Waals surface area (Å²) in [5.74, 6) is -0.692. The fourth-order valence-electron chi connectivity index (χ4n) is 4.97. The molecule has 3 N–H and O–H groups in total. The number of amides is 3. The normalized spacial score (nSPS) is 17.3. The van der Waals surface area contributed by atoms with Gasteiger partial charge in [0.25, 0.3) is 11.8 Å². The number of nitrogens with zero attached hydrogens (tertiary/aromatic N) is 2. The Hall–Kier alpha value is -3.89. The molecule has 0 aliphatic carbocycles. The van der Waals surface area contributed by atoms with Gasteiger partial charge in [0.2, 0.25) is 5.91 Å². The van der Waals surface area contributed by atoms with Gasteiger partial charge in [-0.05, 0) is 62.9 Å². The maximum absolute atomic E-state index is 13.8. The third-order valence-electron chi connectivity index (χ3n) is 7.39. The Bertz CT molecular complexity index is 1400. The first kappa shape index (κ1) is 31.1. The Morgan fingerprint density at radius 3 is 2.50 bits per heavy atom. The molecular formula is C32H38N4O5S. The summed E-state index contributed by atoms with van der Waals surface area (Å²) in [5, 5.41) is 17.2. The third-order valence-corrected chi connectivity index (χ3v) is 8.76. The maximum atomic E-state index is 13.8. The number of ether oxygens (including phenoxy) is 1. The summed E-state index contributed by atoms with van der Waals surface area (Å²) >= 11 is 1.47. The topological polar surface area (TPSA) is 121 Å². The van der Waals surface area contributed by atoms with Crippen molar-refractivity contribution < 1.29 is 24.2 Å². The van der Waals surface area contributed by atoms with Gasteiger partial charge >= 0.3 is 0 Å². The first-order valence-electron chi connectivity index (χ1n) is 13.9. The lowest BCUT2D eigenvalue weighted by molar-refractivity contribution is -0.148. The van der Waals surface area contributed by atoms with Crippen LogP contribution in [-0.2, 0) is 27.3 Å². The maximum Gasteiger partial charge on any atom is 0.258 e. The van der Waals surface area contributed by atoms with Crippen molar-refractivity contribution in [1.29, 1.82) is 0 Å². The minimum Gasteiger partial charge on any atom is -0.482 e.